The molecule has 0 saturated carbocycles. The largest absolute Gasteiger partial charge is 0.248 e. The maximum Gasteiger partial charge on any atom is 0.214 e. The summed E-state index contributed by atoms with van der Waals surface area (Å²) in [5, 5.41) is 2.83. The van der Waals surface area contributed by atoms with Crippen molar-refractivity contribution in [2.75, 3.05) is 12.3 Å². The highest BCUT2D eigenvalue weighted by Crippen LogP contribution is 2.35. The molecule has 16 heavy (non-hydrogen) atoms. The molecule has 0 N–H and O–H groups in total. The van der Waals surface area contributed by atoms with Gasteiger partial charge in [0, 0.05) is 18.1 Å². The lowest BCUT2D eigenvalue weighted by molar-refractivity contribution is 0.395. The summed E-state index contributed by atoms with van der Waals surface area (Å²) < 4.78 is 25.7. The second kappa shape index (κ2) is 4.81. The number of nitrogens with zero attached hydrogens (tertiary/aromatic N) is 2. The van der Waals surface area contributed by atoms with E-state index < -0.39 is 10.0 Å². The van der Waals surface area contributed by atoms with Crippen molar-refractivity contribution in [3.8, 4) is 0 Å². The molecule has 0 spiro atoms. The van der Waals surface area contributed by atoms with E-state index in [0.717, 1.165) is 17.8 Å². The number of aromatic nitrogens is 1. The summed E-state index contributed by atoms with van der Waals surface area (Å²) in [6.45, 7) is 2.54. The lowest BCUT2D eigenvalue weighted by atomic mass is 10.2. The molecule has 0 radical (unpaired) electrons. The van der Waals surface area contributed by atoms with Crippen molar-refractivity contribution in [2.45, 2.75) is 32.2 Å². The minimum atomic E-state index is -3.09. The first kappa shape index (κ1) is 12.0. The van der Waals surface area contributed by atoms with Gasteiger partial charge >= 0.3 is 0 Å². The third kappa shape index (κ3) is 2.28. The predicted octanol–water partition coefficient (Wildman–Crippen LogP) is 2.02. The van der Waals surface area contributed by atoms with Gasteiger partial charge in [0.1, 0.15) is 5.01 Å². The average Bonchev–Trinajstić information content (AvgIpc) is 2.88. The van der Waals surface area contributed by atoms with Crippen LogP contribution >= 0.6 is 11.3 Å². The molecule has 4 nitrogen and oxygen atoms in total. The highest BCUT2D eigenvalue weighted by atomic mass is 32.2. The van der Waals surface area contributed by atoms with Crippen LogP contribution < -0.4 is 0 Å². The maximum absolute atomic E-state index is 12.0. The van der Waals surface area contributed by atoms with Crippen LogP contribution in [0.25, 0.3) is 0 Å². The fourth-order valence-corrected chi connectivity index (χ4v) is 4.70. The van der Waals surface area contributed by atoms with Crippen LogP contribution in [0, 0.1) is 0 Å². The van der Waals surface area contributed by atoms with Crippen LogP contribution in [0.15, 0.2) is 11.6 Å². The summed E-state index contributed by atoms with van der Waals surface area (Å²) in [5.41, 5.74) is 0. The first-order chi connectivity index (χ1) is 7.65. The Balaban J connectivity index is 2.22. The average molecular weight is 260 g/mol. The Labute approximate surface area is 100 Å². The second-order valence-electron chi connectivity index (χ2n) is 3.96. The zero-order valence-corrected chi connectivity index (χ0v) is 10.9. The van der Waals surface area contributed by atoms with Crippen LogP contribution in [-0.4, -0.2) is 30.0 Å². The van der Waals surface area contributed by atoms with Crippen molar-refractivity contribution >= 4 is 21.4 Å². The highest BCUT2D eigenvalue weighted by Gasteiger charge is 2.35. The topological polar surface area (TPSA) is 50.3 Å². The summed E-state index contributed by atoms with van der Waals surface area (Å²) in [7, 11) is -3.09. The zero-order valence-electron chi connectivity index (χ0n) is 9.30. The minimum Gasteiger partial charge on any atom is -0.248 e. The van der Waals surface area contributed by atoms with Crippen LogP contribution in [0.5, 0.6) is 0 Å². The smallest absolute Gasteiger partial charge is 0.214 e. The van der Waals surface area contributed by atoms with Gasteiger partial charge in [-0.25, -0.2) is 13.4 Å². The molecule has 1 aliphatic rings. The summed E-state index contributed by atoms with van der Waals surface area (Å²) in [5.74, 6) is 0.245. The molecule has 1 aromatic heterocycles. The molecule has 1 saturated heterocycles. The van der Waals surface area contributed by atoms with Crippen molar-refractivity contribution in [2.24, 2.45) is 0 Å². The van der Waals surface area contributed by atoms with E-state index >= 15 is 0 Å². The maximum atomic E-state index is 12.0. The van der Waals surface area contributed by atoms with Crippen LogP contribution in [0.1, 0.15) is 37.2 Å². The summed E-state index contributed by atoms with van der Waals surface area (Å²) >= 11 is 1.54. The molecule has 1 atom stereocenters. The SMILES string of the molecule is CCCS(=O)(=O)N1CCCC1c1nccs1. The Morgan fingerprint density at radius 1 is 1.62 bits per heavy atom. The molecular formula is C10H16N2O2S2. The highest BCUT2D eigenvalue weighted by molar-refractivity contribution is 7.89. The van der Waals surface area contributed by atoms with Gasteiger partial charge in [-0.2, -0.15) is 4.31 Å². The van der Waals surface area contributed by atoms with E-state index in [-0.39, 0.29) is 11.8 Å². The molecule has 0 aromatic carbocycles. The van der Waals surface area contributed by atoms with Gasteiger partial charge in [-0.15, -0.1) is 11.3 Å². The molecule has 0 amide bonds. The van der Waals surface area contributed by atoms with Gasteiger partial charge < -0.3 is 0 Å². The van der Waals surface area contributed by atoms with Crippen molar-refractivity contribution in [1.29, 1.82) is 0 Å². The summed E-state index contributed by atoms with van der Waals surface area (Å²) in [4.78, 5) is 4.23. The Bertz CT molecular complexity index is 428. The Kier molecular flexibility index (Phi) is 3.61. The molecule has 6 heteroatoms. The molecule has 1 aliphatic heterocycles. The quantitative estimate of drug-likeness (QED) is 0.832. The Morgan fingerprint density at radius 3 is 3.06 bits per heavy atom. The second-order valence-corrected chi connectivity index (χ2v) is 6.92. The predicted molar refractivity (Wildman–Crippen MR) is 64.9 cm³/mol. The Hall–Kier alpha value is -0.460. The van der Waals surface area contributed by atoms with Crippen molar-refractivity contribution in [1.82, 2.24) is 9.29 Å². The van der Waals surface area contributed by atoms with E-state index in [1.807, 2.05) is 12.3 Å². The Morgan fingerprint density at radius 2 is 2.44 bits per heavy atom. The number of sulfonamides is 1. The van der Waals surface area contributed by atoms with Gasteiger partial charge in [0.05, 0.1) is 11.8 Å². The van der Waals surface area contributed by atoms with Crippen LogP contribution in [0.2, 0.25) is 0 Å². The fourth-order valence-electron chi connectivity index (χ4n) is 2.09. The minimum absolute atomic E-state index is 0.0171. The van der Waals surface area contributed by atoms with E-state index in [1.54, 1.807) is 21.8 Å². The number of hydrogen-bond donors (Lipinski definition) is 0. The lowest BCUT2D eigenvalue weighted by Crippen LogP contribution is -2.32. The molecule has 1 fully saturated rings. The molecule has 1 aromatic rings. The monoisotopic (exact) mass is 260 g/mol. The molecule has 2 heterocycles. The van der Waals surface area contributed by atoms with E-state index in [1.165, 1.54) is 0 Å². The van der Waals surface area contributed by atoms with Gasteiger partial charge in [0.15, 0.2) is 0 Å². The van der Waals surface area contributed by atoms with Gasteiger partial charge in [0.25, 0.3) is 0 Å². The third-order valence-electron chi connectivity index (χ3n) is 2.76. The normalized spacial score (nSPS) is 22.7. The fraction of sp³-hybridized carbons (Fsp3) is 0.700. The van der Waals surface area contributed by atoms with E-state index in [2.05, 4.69) is 4.98 Å². The summed E-state index contributed by atoms with van der Waals surface area (Å²) in [6.07, 6.45) is 4.25. The van der Waals surface area contributed by atoms with Gasteiger partial charge in [-0.1, -0.05) is 6.92 Å². The molecule has 0 bridgehead atoms. The first-order valence-electron chi connectivity index (χ1n) is 5.54. The molecule has 90 valence electrons. The standard InChI is InChI=1S/C10H16N2O2S2/c1-2-8-16(13,14)12-6-3-4-9(12)10-11-5-7-15-10/h5,7,9H,2-4,6,8H2,1H3. The lowest BCUT2D eigenvalue weighted by Gasteiger charge is -2.22. The van der Waals surface area contributed by atoms with E-state index in [0.29, 0.717) is 13.0 Å². The van der Waals surface area contributed by atoms with Crippen LogP contribution in [0.4, 0.5) is 0 Å². The van der Waals surface area contributed by atoms with Crippen LogP contribution in [-0.2, 0) is 10.0 Å². The molecule has 1 unspecified atom stereocenters. The first-order valence-corrected chi connectivity index (χ1v) is 8.03. The van der Waals surface area contributed by atoms with Crippen LogP contribution in [0.3, 0.4) is 0 Å². The van der Waals surface area contributed by atoms with Gasteiger partial charge in [-0.05, 0) is 19.3 Å². The number of hydrogen-bond acceptors (Lipinski definition) is 4. The van der Waals surface area contributed by atoms with Gasteiger partial charge in [0.2, 0.25) is 10.0 Å². The van der Waals surface area contributed by atoms with Crippen molar-refractivity contribution in [3.63, 3.8) is 0 Å². The number of rotatable bonds is 4. The zero-order chi connectivity index (χ0) is 11.6. The third-order valence-corrected chi connectivity index (χ3v) is 5.71. The van der Waals surface area contributed by atoms with E-state index in [9.17, 15) is 8.42 Å². The summed E-state index contributed by atoms with van der Waals surface area (Å²) in [6, 6.07) is -0.0171. The molecule has 2 rings (SSSR count). The van der Waals surface area contributed by atoms with Gasteiger partial charge in [-0.3, -0.25) is 0 Å². The molecule has 0 aliphatic carbocycles. The van der Waals surface area contributed by atoms with E-state index in [4.69, 9.17) is 0 Å². The number of thiazole rings is 1. The molecular weight excluding hydrogens is 244 g/mol. The van der Waals surface area contributed by atoms with Crippen molar-refractivity contribution < 1.29 is 8.42 Å². The van der Waals surface area contributed by atoms with Crippen molar-refractivity contribution in [3.05, 3.63) is 16.6 Å².